The number of H-pyrrole nitrogens is 1. The van der Waals surface area contributed by atoms with Crippen molar-refractivity contribution in [3.8, 4) is 5.69 Å². The van der Waals surface area contributed by atoms with Crippen molar-refractivity contribution < 1.29 is 4.39 Å². The van der Waals surface area contributed by atoms with E-state index < -0.39 is 11.5 Å². The Kier molecular flexibility index (Phi) is 1.70. The summed E-state index contributed by atoms with van der Waals surface area (Å²) < 4.78 is 14.1. The molecule has 0 atom stereocenters. The third-order valence-corrected chi connectivity index (χ3v) is 1.63. The molecule has 0 unspecified atom stereocenters. The fraction of sp³-hybridized carbons (Fsp3) is 0. The number of aromatic amines is 1. The Labute approximate surface area is 72.6 Å². The van der Waals surface area contributed by atoms with Crippen LogP contribution in [-0.2, 0) is 0 Å². The molecule has 0 saturated carbocycles. The minimum Gasteiger partial charge on any atom is -0.295 e. The lowest BCUT2D eigenvalue weighted by molar-refractivity contribution is 0.608. The molecule has 1 N–H and O–H groups in total. The zero-order chi connectivity index (χ0) is 9.26. The van der Waals surface area contributed by atoms with Gasteiger partial charge in [0.2, 0.25) is 0 Å². The maximum Gasteiger partial charge on any atom is 0.347 e. The number of nitrogens with zero attached hydrogens (tertiary/aromatic N) is 2. The summed E-state index contributed by atoms with van der Waals surface area (Å²) in [5.41, 5.74) is -0.307. The van der Waals surface area contributed by atoms with Crippen molar-refractivity contribution in [3.05, 3.63) is 46.9 Å². The Morgan fingerprint density at radius 1 is 1.38 bits per heavy atom. The highest BCUT2D eigenvalue weighted by atomic mass is 19.1. The summed E-state index contributed by atoms with van der Waals surface area (Å²) in [6.07, 6.45) is 1.22. The summed E-state index contributed by atoms with van der Waals surface area (Å²) in [4.78, 5) is 13.4. The molecule has 0 aliphatic rings. The average molecular weight is 179 g/mol. The molecule has 0 radical (unpaired) electrons. The Balaban J connectivity index is 2.66. The predicted molar refractivity (Wildman–Crippen MR) is 44.1 cm³/mol. The second-order valence-corrected chi connectivity index (χ2v) is 2.46. The summed E-state index contributed by atoms with van der Waals surface area (Å²) in [7, 11) is 0. The summed E-state index contributed by atoms with van der Waals surface area (Å²) >= 11 is 0. The summed E-state index contributed by atoms with van der Waals surface area (Å²) in [6, 6.07) is 5.95. The molecule has 0 spiro atoms. The number of rotatable bonds is 1. The van der Waals surface area contributed by atoms with Crippen molar-refractivity contribution in [1.29, 1.82) is 0 Å². The first-order valence-electron chi connectivity index (χ1n) is 3.66. The van der Waals surface area contributed by atoms with Crippen molar-refractivity contribution in [2.45, 2.75) is 0 Å². The molecule has 1 heterocycles. The van der Waals surface area contributed by atoms with Crippen LogP contribution in [0.1, 0.15) is 0 Å². The first-order chi connectivity index (χ1) is 6.29. The van der Waals surface area contributed by atoms with Crippen LogP contribution in [0.4, 0.5) is 4.39 Å². The van der Waals surface area contributed by atoms with Gasteiger partial charge in [-0.1, -0.05) is 12.1 Å². The van der Waals surface area contributed by atoms with Gasteiger partial charge in [0.15, 0.2) is 0 Å². The summed E-state index contributed by atoms with van der Waals surface area (Å²) in [6.45, 7) is 0. The van der Waals surface area contributed by atoms with E-state index in [1.54, 1.807) is 12.1 Å². The van der Waals surface area contributed by atoms with Gasteiger partial charge in [0.05, 0.1) is 0 Å². The molecule has 4 nitrogen and oxygen atoms in total. The van der Waals surface area contributed by atoms with Gasteiger partial charge < -0.3 is 0 Å². The van der Waals surface area contributed by atoms with Crippen LogP contribution in [0.3, 0.4) is 0 Å². The molecular weight excluding hydrogens is 173 g/mol. The maximum absolute atomic E-state index is 13.1. The Morgan fingerprint density at radius 3 is 2.77 bits per heavy atom. The van der Waals surface area contributed by atoms with Crippen molar-refractivity contribution in [3.63, 3.8) is 0 Å². The Bertz CT molecular complexity index is 474. The van der Waals surface area contributed by atoms with Crippen LogP contribution < -0.4 is 5.69 Å². The summed E-state index contributed by atoms with van der Waals surface area (Å²) in [5, 5.41) is 3.66. The Hall–Kier alpha value is -1.91. The van der Waals surface area contributed by atoms with Crippen molar-refractivity contribution in [2.75, 3.05) is 0 Å². The molecule has 2 rings (SSSR count). The SMILES string of the molecule is O=c1[nH]cnn1-c1ccccc1F. The number of benzene rings is 1. The molecular formula is C8H6FN3O. The van der Waals surface area contributed by atoms with E-state index in [0.29, 0.717) is 0 Å². The zero-order valence-electron chi connectivity index (χ0n) is 6.57. The van der Waals surface area contributed by atoms with Crippen LogP contribution >= 0.6 is 0 Å². The van der Waals surface area contributed by atoms with Crippen LogP contribution in [0.15, 0.2) is 35.4 Å². The molecule has 0 amide bonds. The molecule has 0 fully saturated rings. The molecule has 0 aliphatic carbocycles. The molecule has 5 heteroatoms. The second-order valence-electron chi connectivity index (χ2n) is 2.46. The first kappa shape index (κ1) is 7.72. The molecule has 2 aromatic rings. The van der Waals surface area contributed by atoms with Crippen molar-refractivity contribution >= 4 is 0 Å². The van der Waals surface area contributed by atoms with Gasteiger partial charge in [0.1, 0.15) is 17.8 Å². The highest BCUT2D eigenvalue weighted by Gasteiger charge is 2.05. The van der Waals surface area contributed by atoms with E-state index in [1.807, 2.05) is 0 Å². The van der Waals surface area contributed by atoms with Gasteiger partial charge in [-0.3, -0.25) is 4.98 Å². The predicted octanol–water partition coefficient (Wildman–Crippen LogP) is 0.700. The number of halogens is 1. The lowest BCUT2D eigenvalue weighted by Gasteiger charge is -1.98. The van der Waals surface area contributed by atoms with Gasteiger partial charge in [0.25, 0.3) is 0 Å². The van der Waals surface area contributed by atoms with Gasteiger partial charge in [-0.2, -0.15) is 9.78 Å². The number of nitrogens with one attached hydrogen (secondary N) is 1. The number of aromatic nitrogens is 3. The summed E-state index contributed by atoms with van der Waals surface area (Å²) in [5.74, 6) is -0.475. The lowest BCUT2D eigenvalue weighted by atomic mass is 10.3. The van der Waals surface area contributed by atoms with Gasteiger partial charge in [-0.05, 0) is 12.1 Å². The van der Waals surface area contributed by atoms with Crippen molar-refractivity contribution in [1.82, 2.24) is 14.8 Å². The van der Waals surface area contributed by atoms with Gasteiger partial charge in [-0.15, -0.1) is 0 Å². The number of para-hydroxylation sites is 1. The van der Waals surface area contributed by atoms with E-state index in [2.05, 4.69) is 10.1 Å². The van der Waals surface area contributed by atoms with Crippen LogP contribution in [0.2, 0.25) is 0 Å². The molecule has 0 saturated heterocycles. The van der Waals surface area contributed by atoms with E-state index in [1.165, 1.54) is 18.5 Å². The fourth-order valence-corrected chi connectivity index (χ4v) is 1.05. The molecule has 1 aromatic heterocycles. The van der Waals surface area contributed by atoms with E-state index in [9.17, 15) is 9.18 Å². The molecule has 0 bridgehead atoms. The first-order valence-corrected chi connectivity index (χ1v) is 3.66. The van der Waals surface area contributed by atoms with E-state index >= 15 is 0 Å². The average Bonchev–Trinajstić information content (AvgIpc) is 2.52. The quantitative estimate of drug-likeness (QED) is 0.700. The molecule has 66 valence electrons. The number of hydrogen-bond donors (Lipinski definition) is 1. The third-order valence-electron chi connectivity index (χ3n) is 1.63. The van der Waals surface area contributed by atoms with E-state index in [0.717, 1.165) is 4.68 Å². The van der Waals surface area contributed by atoms with Crippen LogP contribution in [-0.4, -0.2) is 14.8 Å². The minimum absolute atomic E-state index is 0.147. The molecule has 13 heavy (non-hydrogen) atoms. The standard InChI is InChI=1S/C8H6FN3O/c9-6-3-1-2-4-7(6)12-8(13)10-5-11-12/h1-5H,(H,10,11,13). The second kappa shape index (κ2) is 2.85. The van der Waals surface area contributed by atoms with Crippen LogP contribution in [0, 0.1) is 5.82 Å². The largest absolute Gasteiger partial charge is 0.347 e. The lowest BCUT2D eigenvalue weighted by Crippen LogP contribution is -2.17. The van der Waals surface area contributed by atoms with E-state index in [-0.39, 0.29) is 5.69 Å². The third kappa shape index (κ3) is 1.24. The van der Waals surface area contributed by atoms with Crippen LogP contribution in [0.25, 0.3) is 5.69 Å². The Morgan fingerprint density at radius 2 is 2.15 bits per heavy atom. The molecule has 1 aromatic carbocycles. The minimum atomic E-state index is -0.475. The number of hydrogen-bond acceptors (Lipinski definition) is 2. The van der Waals surface area contributed by atoms with Gasteiger partial charge in [-0.25, -0.2) is 9.18 Å². The van der Waals surface area contributed by atoms with E-state index in [4.69, 9.17) is 0 Å². The van der Waals surface area contributed by atoms with Gasteiger partial charge in [0, 0.05) is 0 Å². The van der Waals surface area contributed by atoms with Gasteiger partial charge >= 0.3 is 5.69 Å². The smallest absolute Gasteiger partial charge is 0.295 e. The molecule has 0 aliphatic heterocycles. The highest BCUT2D eigenvalue weighted by molar-refractivity contribution is 5.31. The highest BCUT2D eigenvalue weighted by Crippen LogP contribution is 2.07. The zero-order valence-corrected chi connectivity index (χ0v) is 6.57. The van der Waals surface area contributed by atoms with Crippen molar-refractivity contribution in [2.24, 2.45) is 0 Å². The van der Waals surface area contributed by atoms with Crippen LogP contribution in [0.5, 0.6) is 0 Å². The monoisotopic (exact) mass is 179 g/mol. The maximum atomic E-state index is 13.1. The normalized spacial score (nSPS) is 10.2. The fourth-order valence-electron chi connectivity index (χ4n) is 1.05. The topological polar surface area (TPSA) is 50.7 Å².